The number of hydrogen-bond acceptors (Lipinski definition) is 4. The van der Waals surface area contributed by atoms with Crippen molar-refractivity contribution >= 4 is 27.3 Å². The van der Waals surface area contributed by atoms with E-state index >= 15 is 0 Å². The van der Waals surface area contributed by atoms with E-state index in [1.165, 1.54) is 29.8 Å². The molecule has 4 rings (SSSR count). The molecule has 2 aromatic carbocycles. The number of sulfonamides is 1. The van der Waals surface area contributed by atoms with Crippen molar-refractivity contribution in [3.63, 3.8) is 0 Å². The van der Waals surface area contributed by atoms with Crippen molar-refractivity contribution in [2.24, 2.45) is 12.0 Å². The molecule has 31 heavy (non-hydrogen) atoms. The second-order valence-electron chi connectivity index (χ2n) is 7.29. The van der Waals surface area contributed by atoms with Gasteiger partial charge in [0, 0.05) is 36.0 Å². The summed E-state index contributed by atoms with van der Waals surface area (Å²) in [5.41, 5.74) is 4.45. The van der Waals surface area contributed by atoms with E-state index in [9.17, 15) is 17.6 Å². The Balaban J connectivity index is 1.98. The van der Waals surface area contributed by atoms with Crippen molar-refractivity contribution in [2.45, 2.75) is 12.3 Å². The number of benzene rings is 2. The van der Waals surface area contributed by atoms with E-state index in [4.69, 9.17) is 11.6 Å². The first-order chi connectivity index (χ1) is 14.7. The molecule has 160 valence electrons. The van der Waals surface area contributed by atoms with Crippen LogP contribution in [-0.2, 0) is 29.4 Å². The van der Waals surface area contributed by atoms with Gasteiger partial charge >= 0.3 is 0 Å². The number of rotatable bonds is 4. The average Bonchev–Trinajstić information content (AvgIpc) is 2.85. The standard InChI is InChI=1S/C22H19ClFN3O3S/c1-25-31(29,30)12-13-3-5-16-18(7-13)19-11-27(2)21(28)8-14(19)10-26-22(16)17-6-4-15(24)9-20(17)23/h3-9,11,25H,10,12H2,1-2H3. The van der Waals surface area contributed by atoms with Gasteiger partial charge in [-0.25, -0.2) is 17.5 Å². The van der Waals surface area contributed by atoms with Crippen LogP contribution in [0.15, 0.2) is 58.4 Å². The van der Waals surface area contributed by atoms with Gasteiger partial charge in [-0.05, 0) is 48.0 Å². The fourth-order valence-corrected chi connectivity index (χ4v) is 4.62. The van der Waals surface area contributed by atoms with E-state index in [0.717, 1.165) is 16.7 Å². The highest BCUT2D eigenvalue weighted by molar-refractivity contribution is 7.88. The first-order valence-electron chi connectivity index (χ1n) is 9.43. The Bertz CT molecular complexity index is 1400. The molecular weight excluding hydrogens is 441 g/mol. The number of halogens is 2. The quantitative estimate of drug-likeness (QED) is 0.650. The largest absolute Gasteiger partial charge is 0.318 e. The Morgan fingerprint density at radius 3 is 2.55 bits per heavy atom. The molecule has 1 aromatic heterocycles. The maximum Gasteiger partial charge on any atom is 0.250 e. The minimum atomic E-state index is -3.48. The molecule has 0 atom stereocenters. The minimum absolute atomic E-state index is 0.173. The first kappa shape index (κ1) is 21.4. The third-order valence-electron chi connectivity index (χ3n) is 5.20. The summed E-state index contributed by atoms with van der Waals surface area (Å²) in [5, 5.41) is 0.215. The van der Waals surface area contributed by atoms with Gasteiger partial charge in [0.25, 0.3) is 5.56 Å². The highest BCUT2D eigenvalue weighted by Crippen LogP contribution is 2.34. The summed E-state index contributed by atoms with van der Waals surface area (Å²) in [6.45, 7) is 0.229. The van der Waals surface area contributed by atoms with Crippen molar-refractivity contribution in [1.29, 1.82) is 0 Å². The van der Waals surface area contributed by atoms with Crippen LogP contribution >= 0.6 is 11.6 Å². The van der Waals surface area contributed by atoms with Crippen LogP contribution in [0.3, 0.4) is 0 Å². The predicted molar refractivity (Wildman–Crippen MR) is 120 cm³/mol. The van der Waals surface area contributed by atoms with Gasteiger partial charge in [0.05, 0.1) is 23.0 Å². The smallest absolute Gasteiger partial charge is 0.250 e. The minimum Gasteiger partial charge on any atom is -0.318 e. The van der Waals surface area contributed by atoms with E-state index in [0.29, 0.717) is 22.4 Å². The lowest BCUT2D eigenvalue weighted by molar-refractivity contribution is 0.587. The lowest BCUT2D eigenvalue weighted by atomic mass is 9.92. The van der Waals surface area contributed by atoms with E-state index in [1.807, 2.05) is 0 Å². The molecule has 0 unspecified atom stereocenters. The highest BCUT2D eigenvalue weighted by Gasteiger charge is 2.23. The van der Waals surface area contributed by atoms with E-state index in [-0.39, 0.29) is 22.9 Å². The SMILES string of the molecule is CNS(=O)(=O)Cc1ccc2c(c1)-c1cn(C)c(=O)cc1CN=C2c1ccc(F)cc1Cl. The summed E-state index contributed by atoms with van der Waals surface area (Å²) in [7, 11) is -0.456. The molecule has 9 heteroatoms. The number of nitrogens with zero attached hydrogens (tertiary/aromatic N) is 2. The molecular formula is C22H19ClFN3O3S. The molecule has 0 amide bonds. The summed E-state index contributed by atoms with van der Waals surface area (Å²) in [6, 6.07) is 10.9. The van der Waals surface area contributed by atoms with Gasteiger partial charge in [-0.3, -0.25) is 9.79 Å². The fraction of sp³-hybridized carbons (Fsp3) is 0.182. The number of fused-ring (bicyclic) bond motifs is 3. The van der Waals surface area contributed by atoms with Crippen LogP contribution in [0.4, 0.5) is 4.39 Å². The summed E-state index contributed by atoms with van der Waals surface area (Å²) < 4.78 is 41.6. The van der Waals surface area contributed by atoms with Crippen LogP contribution in [0, 0.1) is 5.82 Å². The third-order valence-corrected chi connectivity index (χ3v) is 6.85. The Morgan fingerprint density at radius 2 is 1.84 bits per heavy atom. The molecule has 0 aliphatic carbocycles. The van der Waals surface area contributed by atoms with Crippen LogP contribution in [0.25, 0.3) is 11.1 Å². The normalized spacial score (nSPS) is 13.2. The van der Waals surface area contributed by atoms with E-state index < -0.39 is 15.8 Å². The van der Waals surface area contributed by atoms with Crippen molar-refractivity contribution in [3.05, 3.63) is 92.1 Å². The van der Waals surface area contributed by atoms with Crippen LogP contribution in [0.5, 0.6) is 0 Å². The Kier molecular flexibility index (Phi) is 5.55. The Morgan fingerprint density at radius 1 is 1.10 bits per heavy atom. The molecule has 0 saturated heterocycles. The molecule has 1 N–H and O–H groups in total. The summed E-state index contributed by atoms with van der Waals surface area (Å²) >= 11 is 6.32. The number of hydrogen-bond donors (Lipinski definition) is 1. The van der Waals surface area contributed by atoms with Gasteiger partial charge in [-0.15, -0.1) is 0 Å². The monoisotopic (exact) mass is 459 g/mol. The molecule has 6 nitrogen and oxygen atoms in total. The summed E-state index contributed by atoms with van der Waals surface area (Å²) in [4.78, 5) is 16.9. The second-order valence-corrected chi connectivity index (χ2v) is 9.63. The van der Waals surface area contributed by atoms with Gasteiger partial charge < -0.3 is 4.57 Å². The van der Waals surface area contributed by atoms with Crippen molar-refractivity contribution in [3.8, 4) is 11.1 Å². The molecule has 0 bridgehead atoms. The molecule has 3 aromatic rings. The van der Waals surface area contributed by atoms with E-state index in [2.05, 4.69) is 9.71 Å². The van der Waals surface area contributed by atoms with Crippen molar-refractivity contribution in [2.75, 3.05) is 7.05 Å². The third kappa shape index (κ3) is 4.19. The number of pyridine rings is 1. The molecule has 0 spiro atoms. The Labute approximate surface area is 184 Å². The van der Waals surface area contributed by atoms with Gasteiger partial charge in [0.1, 0.15) is 5.82 Å². The molecule has 1 aliphatic heterocycles. The van der Waals surface area contributed by atoms with Gasteiger partial charge in [-0.2, -0.15) is 0 Å². The van der Waals surface area contributed by atoms with Crippen LogP contribution in [0.1, 0.15) is 22.3 Å². The second kappa shape index (κ2) is 8.03. The summed E-state index contributed by atoms with van der Waals surface area (Å²) in [6.07, 6.45) is 1.72. The predicted octanol–water partition coefficient (Wildman–Crippen LogP) is 3.25. The van der Waals surface area contributed by atoms with Gasteiger partial charge in [-0.1, -0.05) is 23.7 Å². The van der Waals surface area contributed by atoms with Gasteiger partial charge in [0.15, 0.2) is 0 Å². The maximum absolute atomic E-state index is 13.6. The highest BCUT2D eigenvalue weighted by atomic mass is 35.5. The van der Waals surface area contributed by atoms with E-state index in [1.54, 1.807) is 37.5 Å². The van der Waals surface area contributed by atoms with Crippen LogP contribution < -0.4 is 10.3 Å². The number of nitrogens with one attached hydrogen (secondary N) is 1. The van der Waals surface area contributed by atoms with Crippen molar-refractivity contribution in [1.82, 2.24) is 9.29 Å². The van der Waals surface area contributed by atoms with Crippen molar-refractivity contribution < 1.29 is 12.8 Å². The van der Waals surface area contributed by atoms with Crippen LogP contribution in [-0.4, -0.2) is 25.7 Å². The number of aromatic nitrogens is 1. The first-order valence-corrected chi connectivity index (χ1v) is 11.5. The maximum atomic E-state index is 13.6. The zero-order chi connectivity index (χ0) is 22.3. The lowest BCUT2D eigenvalue weighted by Crippen LogP contribution is -2.20. The number of aliphatic imine (C=N–C) groups is 1. The average molecular weight is 460 g/mol. The number of aryl methyl sites for hydroxylation is 1. The van der Waals surface area contributed by atoms with Crippen LogP contribution in [0.2, 0.25) is 5.02 Å². The molecule has 2 heterocycles. The fourth-order valence-electron chi connectivity index (χ4n) is 3.61. The molecule has 0 saturated carbocycles. The zero-order valence-corrected chi connectivity index (χ0v) is 18.4. The Hall–Kier alpha value is -2.81. The summed E-state index contributed by atoms with van der Waals surface area (Å²) in [5.74, 6) is -0.649. The molecule has 0 fully saturated rings. The lowest BCUT2D eigenvalue weighted by Gasteiger charge is -2.15. The topological polar surface area (TPSA) is 80.5 Å². The molecule has 0 radical (unpaired) electrons. The zero-order valence-electron chi connectivity index (χ0n) is 16.8. The van der Waals surface area contributed by atoms with Gasteiger partial charge in [0.2, 0.25) is 10.0 Å². The molecule has 1 aliphatic rings.